The van der Waals surface area contributed by atoms with Crippen LogP contribution in [0.15, 0.2) is 24.3 Å². The van der Waals surface area contributed by atoms with E-state index in [1.54, 1.807) is 18.3 Å². The van der Waals surface area contributed by atoms with E-state index in [4.69, 9.17) is 23.2 Å². The van der Waals surface area contributed by atoms with Crippen LogP contribution in [0.3, 0.4) is 0 Å². The molecule has 0 spiro atoms. The van der Waals surface area contributed by atoms with Crippen LogP contribution in [0, 0.1) is 5.41 Å². The highest BCUT2D eigenvalue weighted by Gasteiger charge is 2.67. The van der Waals surface area contributed by atoms with Crippen LogP contribution < -0.4 is 5.32 Å². The molecule has 1 fully saturated rings. The summed E-state index contributed by atoms with van der Waals surface area (Å²) in [4.78, 5) is 16.5. The SMILES string of the molecule is C[C@@]1(C(=O)NCc2nc3ccccc3s2)CC1(Cl)Cl. The maximum atomic E-state index is 12.0. The summed E-state index contributed by atoms with van der Waals surface area (Å²) in [6.07, 6.45) is 0.495. The Balaban J connectivity index is 1.68. The van der Waals surface area contributed by atoms with Crippen molar-refractivity contribution in [2.75, 3.05) is 0 Å². The molecule has 0 saturated heterocycles. The van der Waals surface area contributed by atoms with Gasteiger partial charge in [-0.2, -0.15) is 0 Å². The lowest BCUT2D eigenvalue weighted by Gasteiger charge is -2.11. The average molecular weight is 315 g/mol. The predicted molar refractivity (Wildman–Crippen MR) is 78.6 cm³/mol. The Morgan fingerprint density at radius 3 is 2.79 bits per heavy atom. The van der Waals surface area contributed by atoms with Crippen molar-refractivity contribution in [1.29, 1.82) is 0 Å². The molecule has 0 radical (unpaired) electrons. The van der Waals surface area contributed by atoms with Crippen LogP contribution in [0.2, 0.25) is 0 Å². The number of benzene rings is 1. The van der Waals surface area contributed by atoms with Crippen molar-refractivity contribution in [2.45, 2.75) is 24.2 Å². The normalized spacial score (nSPS) is 24.4. The van der Waals surface area contributed by atoms with Gasteiger partial charge in [-0.25, -0.2) is 4.98 Å². The van der Waals surface area contributed by atoms with E-state index >= 15 is 0 Å². The maximum Gasteiger partial charge on any atom is 0.229 e. The molecule has 1 aliphatic carbocycles. The molecule has 0 unspecified atom stereocenters. The number of nitrogens with zero attached hydrogens (tertiary/aromatic N) is 1. The first-order valence-electron chi connectivity index (χ1n) is 5.93. The Bertz CT molecular complexity index is 622. The summed E-state index contributed by atoms with van der Waals surface area (Å²) in [6, 6.07) is 7.90. The number of para-hydroxylation sites is 1. The molecule has 3 nitrogen and oxygen atoms in total. The molecule has 1 heterocycles. The third-order valence-electron chi connectivity index (χ3n) is 3.50. The first kappa shape index (κ1) is 13.2. The summed E-state index contributed by atoms with van der Waals surface area (Å²) >= 11 is 13.5. The fraction of sp³-hybridized carbons (Fsp3) is 0.385. The topological polar surface area (TPSA) is 42.0 Å². The standard InChI is InChI=1S/C13H12Cl2N2OS/c1-12(7-13(12,14)15)11(18)16-6-10-17-8-4-2-3-5-9(8)19-10/h2-5H,6-7H2,1H3,(H,16,18)/t12-/m0/s1. The minimum Gasteiger partial charge on any atom is -0.349 e. The second-order valence-corrected chi connectivity index (χ2v) is 7.57. The number of fused-ring (bicyclic) bond motifs is 1. The molecule has 6 heteroatoms. The van der Waals surface area contributed by atoms with E-state index in [2.05, 4.69) is 10.3 Å². The van der Waals surface area contributed by atoms with Gasteiger partial charge in [-0.05, 0) is 25.5 Å². The number of nitrogens with one attached hydrogen (secondary N) is 1. The lowest BCUT2D eigenvalue weighted by molar-refractivity contribution is -0.125. The number of hydrogen-bond donors (Lipinski definition) is 1. The molecule has 1 N–H and O–H groups in total. The summed E-state index contributed by atoms with van der Waals surface area (Å²) < 4.78 is 0.193. The van der Waals surface area contributed by atoms with E-state index in [0.29, 0.717) is 13.0 Å². The number of carbonyl (C=O) groups excluding carboxylic acids is 1. The Morgan fingerprint density at radius 2 is 2.16 bits per heavy atom. The summed E-state index contributed by atoms with van der Waals surface area (Å²) in [5.41, 5.74) is 0.283. The van der Waals surface area contributed by atoms with Gasteiger partial charge < -0.3 is 5.32 Å². The average Bonchev–Trinajstić information content (AvgIpc) is 2.75. The van der Waals surface area contributed by atoms with Crippen LogP contribution in [0.25, 0.3) is 10.2 Å². The summed E-state index contributed by atoms with van der Waals surface area (Å²) in [5.74, 6) is -0.114. The lowest BCUT2D eigenvalue weighted by atomic mass is 10.1. The minimum atomic E-state index is -0.926. The Kier molecular flexibility index (Phi) is 3.00. The van der Waals surface area contributed by atoms with E-state index in [1.807, 2.05) is 24.3 Å². The van der Waals surface area contributed by atoms with Crippen LogP contribution in [0.1, 0.15) is 18.4 Å². The minimum absolute atomic E-state index is 0.114. The molecular weight excluding hydrogens is 303 g/mol. The summed E-state index contributed by atoms with van der Waals surface area (Å²) in [6.45, 7) is 2.19. The molecular formula is C13H12Cl2N2OS. The number of hydrogen-bond acceptors (Lipinski definition) is 3. The smallest absolute Gasteiger partial charge is 0.229 e. The van der Waals surface area contributed by atoms with E-state index in [1.165, 1.54) is 0 Å². The number of carbonyl (C=O) groups is 1. The second-order valence-electron chi connectivity index (χ2n) is 4.97. The third-order valence-corrected chi connectivity index (χ3v) is 5.64. The van der Waals surface area contributed by atoms with Gasteiger partial charge in [-0.3, -0.25) is 4.79 Å². The van der Waals surface area contributed by atoms with Crippen LogP contribution in [0.5, 0.6) is 0 Å². The zero-order valence-corrected chi connectivity index (χ0v) is 12.6. The van der Waals surface area contributed by atoms with Crippen molar-refractivity contribution in [3.63, 3.8) is 0 Å². The number of halogens is 2. The summed E-state index contributed by atoms with van der Waals surface area (Å²) in [5, 5.41) is 3.74. The van der Waals surface area contributed by atoms with Gasteiger partial charge in [0.05, 0.1) is 22.2 Å². The lowest BCUT2D eigenvalue weighted by Crippen LogP contribution is -2.32. The molecule has 1 aromatic carbocycles. The Labute approximate surface area is 124 Å². The van der Waals surface area contributed by atoms with Crippen molar-refractivity contribution >= 4 is 50.7 Å². The largest absolute Gasteiger partial charge is 0.349 e. The van der Waals surface area contributed by atoms with Crippen molar-refractivity contribution in [1.82, 2.24) is 10.3 Å². The second kappa shape index (κ2) is 4.33. The molecule has 1 atom stereocenters. The van der Waals surface area contributed by atoms with Crippen molar-refractivity contribution in [3.8, 4) is 0 Å². The molecule has 19 heavy (non-hydrogen) atoms. The molecule has 100 valence electrons. The number of thiazole rings is 1. The van der Waals surface area contributed by atoms with Gasteiger partial charge in [0.15, 0.2) is 0 Å². The van der Waals surface area contributed by atoms with E-state index in [-0.39, 0.29) is 5.91 Å². The fourth-order valence-corrected chi connectivity index (χ4v) is 3.61. The molecule has 1 aromatic heterocycles. The van der Waals surface area contributed by atoms with E-state index < -0.39 is 9.75 Å². The Morgan fingerprint density at radius 1 is 1.47 bits per heavy atom. The molecule has 2 aromatic rings. The van der Waals surface area contributed by atoms with Crippen LogP contribution in [-0.2, 0) is 11.3 Å². The highest BCUT2D eigenvalue weighted by Crippen LogP contribution is 2.63. The van der Waals surface area contributed by atoms with Crippen molar-refractivity contribution in [2.24, 2.45) is 5.41 Å². The zero-order valence-electron chi connectivity index (χ0n) is 10.2. The molecule has 0 aliphatic heterocycles. The van der Waals surface area contributed by atoms with E-state index in [0.717, 1.165) is 15.2 Å². The first-order chi connectivity index (χ1) is 8.92. The molecule has 3 rings (SSSR count). The first-order valence-corrected chi connectivity index (χ1v) is 7.50. The highest BCUT2D eigenvalue weighted by molar-refractivity contribution is 7.18. The summed E-state index contributed by atoms with van der Waals surface area (Å²) in [7, 11) is 0. The van der Waals surface area contributed by atoms with Gasteiger partial charge in [-0.1, -0.05) is 12.1 Å². The molecule has 1 amide bonds. The van der Waals surface area contributed by atoms with Gasteiger partial charge in [0.25, 0.3) is 0 Å². The van der Waals surface area contributed by atoms with Crippen LogP contribution in [0.4, 0.5) is 0 Å². The number of aromatic nitrogens is 1. The van der Waals surface area contributed by atoms with Crippen LogP contribution in [-0.4, -0.2) is 15.2 Å². The third kappa shape index (κ3) is 2.22. The predicted octanol–water partition coefficient (Wildman–Crippen LogP) is 3.50. The van der Waals surface area contributed by atoms with Gasteiger partial charge in [0.2, 0.25) is 5.91 Å². The molecule has 1 aliphatic rings. The quantitative estimate of drug-likeness (QED) is 0.881. The number of amides is 1. The highest BCUT2D eigenvalue weighted by atomic mass is 35.5. The molecule has 1 saturated carbocycles. The van der Waals surface area contributed by atoms with Crippen molar-refractivity contribution < 1.29 is 4.79 Å². The van der Waals surface area contributed by atoms with Gasteiger partial charge in [-0.15, -0.1) is 34.5 Å². The number of alkyl halides is 2. The van der Waals surface area contributed by atoms with Crippen LogP contribution >= 0.6 is 34.5 Å². The molecule has 0 bridgehead atoms. The number of rotatable bonds is 3. The maximum absolute atomic E-state index is 12.0. The van der Waals surface area contributed by atoms with Gasteiger partial charge in [0.1, 0.15) is 9.34 Å². The van der Waals surface area contributed by atoms with E-state index in [9.17, 15) is 4.79 Å². The van der Waals surface area contributed by atoms with Gasteiger partial charge >= 0.3 is 0 Å². The zero-order chi connectivity index (χ0) is 13.7. The van der Waals surface area contributed by atoms with Crippen molar-refractivity contribution in [3.05, 3.63) is 29.3 Å². The van der Waals surface area contributed by atoms with Gasteiger partial charge in [0, 0.05) is 0 Å². The monoisotopic (exact) mass is 314 g/mol. The Hall–Kier alpha value is -0.840. The fourth-order valence-electron chi connectivity index (χ4n) is 1.99.